The highest BCUT2D eigenvalue weighted by Gasteiger charge is 2.16. The minimum absolute atomic E-state index is 0.144. The lowest BCUT2D eigenvalue weighted by molar-refractivity contribution is 0.584. The van der Waals surface area contributed by atoms with Crippen molar-refractivity contribution in [1.82, 2.24) is 0 Å². The van der Waals surface area contributed by atoms with E-state index in [2.05, 4.69) is 51.1 Å². The average Bonchev–Trinajstić information content (AvgIpc) is 2.52. The van der Waals surface area contributed by atoms with Gasteiger partial charge in [-0.3, -0.25) is 0 Å². The zero-order valence-corrected chi connectivity index (χ0v) is 14.0. The maximum absolute atomic E-state index is 8.31. The number of nitrogens with one attached hydrogen (secondary N) is 1. The molecule has 0 spiro atoms. The van der Waals surface area contributed by atoms with Gasteiger partial charge in [0, 0.05) is 0 Å². The summed E-state index contributed by atoms with van der Waals surface area (Å²) >= 11 is 0. The quantitative estimate of drug-likeness (QED) is 0.715. The van der Waals surface area contributed by atoms with Crippen LogP contribution in [0.2, 0.25) is 0 Å². The molecule has 114 valence electrons. The van der Waals surface area contributed by atoms with Crippen molar-refractivity contribution in [2.45, 2.75) is 39.5 Å². The molecule has 2 aromatic carbocycles. The maximum atomic E-state index is 8.31. The van der Waals surface area contributed by atoms with Crippen LogP contribution in [0.5, 0.6) is 0 Å². The third kappa shape index (κ3) is 3.94. The van der Waals surface area contributed by atoms with Gasteiger partial charge in [0.25, 0.3) is 0 Å². The first-order valence-corrected chi connectivity index (χ1v) is 7.79. The molecule has 0 bridgehead atoms. The van der Waals surface area contributed by atoms with Crippen molar-refractivity contribution in [1.29, 1.82) is 5.41 Å². The molecule has 0 aliphatic carbocycles. The monoisotopic (exact) mass is 291 g/mol. The van der Waals surface area contributed by atoms with Crippen LogP contribution in [0.1, 0.15) is 44.4 Å². The smallest absolute Gasteiger partial charge is 0.0638 e. The molecule has 0 saturated heterocycles. The fraction of sp³-hybridized carbons (Fsp3) is 0.286. The molecule has 0 fully saturated rings. The van der Waals surface area contributed by atoms with E-state index < -0.39 is 0 Å². The summed E-state index contributed by atoms with van der Waals surface area (Å²) in [4.78, 5) is 0. The van der Waals surface area contributed by atoms with E-state index in [0.717, 1.165) is 17.6 Å². The first kappa shape index (κ1) is 16.2. The Morgan fingerprint density at radius 1 is 0.955 bits per heavy atom. The van der Waals surface area contributed by atoms with E-state index in [-0.39, 0.29) is 5.41 Å². The molecule has 1 heteroatoms. The lowest BCUT2D eigenvalue weighted by Crippen LogP contribution is -2.14. The molecular weight excluding hydrogens is 266 g/mol. The molecule has 0 aromatic heterocycles. The van der Waals surface area contributed by atoms with Gasteiger partial charge in [-0.05, 0) is 41.0 Å². The van der Waals surface area contributed by atoms with Crippen LogP contribution in [0.3, 0.4) is 0 Å². The molecular formula is C21H25N. The highest BCUT2D eigenvalue weighted by molar-refractivity contribution is 6.10. The normalized spacial score (nSPS) is 12.3. The summed E-state index contributed by atoms with van der Waals surface area (Å²) < 4.78 is 0. The molecule has 2 rings (SSSR count). The Morgan fingerprint density at radius 2 is 1.55 bits per heavy atom. The highest BCUT2D eigenvalue weighted by atomic mass is 14.4. The second kappa shape index (κ2) is 6.74. The SMILES string of the molecule is C/C(=C/Cc1ccccc1C(C)(C)C)C(=N)c1ccccc1. The summed E-state index contributed by atoms with van der Waals surface area (Å²) in [6.07, 6.45) is 3.04. The zero-order chi connectivity index (χ0) is 16.2. The van der Waals surface area contributed by atoms with E-state index in [4.69, 9.17) is 5.41 Å². The van der Waals surface area contributed by atoms with Gasteiger partial charge in [-0.25, -0.2) is 0 Å². The zero-order valence-electron chi connectivity index (χ0n) is 14.0. The number of benzene rings is 2. The van der Waals surface area contributed by atoms with Crippen LogP contribution >= 0.6 is 0 Å². The van der Waals surface area contributed by atoms with Gasteiger partial charge in [0.2, 0.25) is 0 Å². The molecule has 1 N–H and O–H groups in total. The summed E-state index contributed by atoms with van der Waals surface area (Å²) in [6, 6.07) is 18.5. The second-order valence-electron chi connectivity index (χ2n) is 6.74. The summed E-state index contributed by atoms with van der Waals surface area (Å²) in [7, 11) is 0. The van der Waals surface area contributed by atoms with Crippen LogP contribution in [0.4, 0.5) is 0 Å². The van der Waals surface area contributed by atoms with Crippen molar-refractivity contribution < 1.29 is 0 Å². The van der Waals surface area contributed by atoms with Crippen LogP contribution in [0, 0.1) is 5.41 Å². The number of hydrogen-bond donors (Lipinski definition) is 1. The predicted octanol–water partition coefficient (Wildman–Crippen LogP) is 5.54. The van der Waals surface area contributed by atoms with E-state index >= 15 is 0 Å². The van der Waals surface area contributed by atoms with Crippen molar-refractivity contribution >= 4 is 5.71 Å². The third-order valence-electron chi connectivity index (χ3n) is 3.91. The van der Waals surface area contributed by atoms with Crippen molar-refractivity contribution in [3.8, 4) is 0 Å². The number of rotatable bonds is 4. The van der Waals surface area contributed by atoms with Crippen LogP contribution in [0.25, 0.3) is 0 Å². The topological polar surface area (TPSA) is 23.9 Å². The maximum Gasteiger partial charge on any atom is 0.0638 e. The van der Waals surface area contributed by atoms with Gasteiger partial charge in [-0.15, -0.1) is 0 Å². The van der Waals surface area contributed by atoms with Gasteiger partial charge >= 0.3 is 0 Å². The summed E-state index contributed by atoms with van der Waals surface area (Å²) in [5.74, 6) is 0. The van der Waals surface area contributed by atoms with Gasteiger partial charge < -0.3 is 5.41 Å². The van der Waals surface area contributed by atoms with Gasteiger partial charge in [0.1, 0.15) is 0 Å². The molecule has 0 amide bonds. The van der Waals surface area contributed by atoms with Crippen molar-refractivity contribution in [3.05, 3.63) is 82.9 Å². The third-order valence-corrected chi connectivity index (χ3v) is 3.91. The van der Waals surface area contributed by atoms with Crippen molar-refractivity contribution in [2.24, 2.45) is 0 Å². The lowest BCUT2D eigenvalue weighted by Gasteiger charge is -2.22. The van der Waals surface area contributed by atoms with Gasteiger partial charge in [-0.2, -0.15) is 0 Å². The van der Waals surface area contributed by atoms with Crippen LogP contribution < -0.4 is 0 Å². The van der Waals surface area contributed by atoms with Crippen LogP contribution in [-0.2, 0) is 11.8 Å². The minimum Gasteiger partial charge on any atom is -0.300 e. The van der Waals surface area contributed by atoms with Crippen LogP contribution in [-0.4, -0.2) is 5.71 Å². The molecule has 2 aromatic rings. The first-order chi connectivity index (χ1) is 10.4. The van der Waals surface area contributed by atoms with Gasteiger partial charge in [-0.1, -0.05) is 81.4 Å². The van der Waals surface area contributed by atoms with Crippen LogP contribution in [0.15, 0.2) is 66.2 Å². The molecule has 0 saturated carbocycles. The Balaban J connectivity index is 2.20. The second-order valence-corrected chi connectivity index (χ2v) is 6.74. The molecule has 0 heterocycles. The molecule has 1 nitrogen and oxygen atoms in total. The standard InChI is InChI=1S/C21H25N/c1-16(20(22)18-11-6-5-7-12-18)14-15-17-10-8-9-13-19(17)21(2,3)4/h5-14,22H,15H2,1-4H3/b16-14-,22-20?. The predicted molar refractivity (Wildman–Crippen MR) is 95.9 cm³/mol. The average molecular weight is 291 g/mol. The van der Waals surface area contributed by atoms with Gasteiger partial charge in [0.15, 0.2) is 0 Å². The van der Waals surface area contributed by atoms with Crippen molar-refractivity contribution in [3.63, 3.8) is 0 Å². The number of hydrogen-bond acceptors (Lipinski definition) is 1. The lowest BCUT2D eigenvalue weighted by atomic mass is 9.83. The first-order valence-electron chi connectivity index (χ1n) is 7.79. The van der Waals surface area contributed by atoms with E-state index in [1.54, 1.807) is 0 Å². The largest absolute Gasteiger partial charge is 0.300 e. The molecule has 0 radical (unpaired) electrons. The Bertz CT molecular complexity index is 673. The molecule has 0 unspecified atom stereocenters. The summed E-state index contributed by atoms with van der Waals surface area (Å²) in [6.45, 7) is 8.76. The fourth-order valence-electron chi connectivity index (χ4n) is 2.63. The molecule has 22 heavy (non-hydrogen) atoms. The summed E-state index contributed by atoms with van der Waals surface area (Å²) in [5.41, 5.74) is 5.47. The number of allylic oxidation sites excluding steroid dienone is 2. The Hall–Kier alpha value is -2.15. The fourth-order valence-corrected chi connectivity index (χ4v) is 2.63. The minimum atomic E-state index is 0.144. The van der Waals surface area contributed by atoms with E-state index in [1.807, 2.05) is 37.3 Å². The Kier molecular flexibility index (Phi) is 4.97. The molecule has 0 aliphatic rings. The van der Waals surface area contributed by atoms with E-state index in [1.165, 1.54) is 11.1 Å². The Morgan fingerprint density at radius 3 is 2.18 bits per heavy atom. The van der Waals surface area contributed by atoms with Crippen molar-refractivity contribution in [2.75, 3.05) is 0 Å². The molecule has 0 aliphatic heterocycles. The Labute approximate surface area is 134 Å². The highest BCUT2D eigenvalue weighted by Crippen LogP contribution is 2.26. The molecule has 0 atom stereocenters. The summed E-state index contributed by atoms with van der Waals surface area (Å²) in [5, 5.41) is 8.31. The van der Waals surface area contributed by atoms with E-state index in [0.29, 0.717) is 5.71 Å². The van der Waals surface area contributed by atoms with Gasteiger partial charge in [0.05, 0.1) is 5.71 Å². The van der Waals surface area contributed by atoms with E-state index in [9.17, 15) is 0 Å².